The minimum absolute atomic E-state index is 0.0498. The van der Waals surface area contributed by atoms with Crippen molar-refractivity contribution in [2.24, 2.45) is 0 Å². The van der Waals surface area contributed by atoms with Crippen LogP contribution in [0.4, 0.5) is 11.5 Å². The number of hydrogen-bond donors (Lipinski definition) is 2. The third kappa shape index (κ3) is 5.84. The lowest BCUT2D eigenvalue weighted by Crippen LogP contribution is -2.15. The summed E-state index contributed by atoms with van der Waals surface area (Å²) in [5, 5.41) is 2.71. The van der Waals surface area contributed by atoms with Crippen molar-refractivity contribution in [3.63, 3.8) is 0 Å². The Hall–Kier alpha value is -3.52. The number of carbonyl (C=O) groups is 2. The first-order valence-corrected chi connectivity index (χ1v) is 12.4. The van der Waals surface area contributed by atoms with Gasteiger partial charge in [-0.25, -0.2) is 13.4 Å². The number of hydrogen-bond acceptors (Lipinski definition) is 5. The van der Waals surface area contributed by atoms with Crippen molar-refractivity contribution in [2.75, 3.05) is 10.0 Å². The van der Waals surface area contributed by atoms with Gasteiger partial charge >= 0.3 is 0 Å². The van der Waals surface area contributed by atoms with E-state index in [9.17, 15) is 18.0 Å². The lowest BCUT2D eigenvalue weighted by molar-refractivity contribution is -0.116. The summed E-state index contributed by atoms with van der Waals surface area (Å²) in [4.78, 5) is 28.8. The minimum atomic E-state index is -3.79. The fourth-order valence-electron chi connectivity index (χ4n) is 3.84. The smallest absolute Gasteiger partial charge is 0.263 e. The van der Waals surface area contributed by atoms with Gasteiger partial charge in [-0.1, -0.05) is 18.2 Å². The lowest BCUT2D eigenvalue weighted by Gasteiger charge is -2.16. The van der Waals surface area contributed by atoms with Crippen molar-refractivity contribution in [1.29, 1.82) is 0 Å². The molecule has 1 heterocycles. The number of ketones is 1. The molecule has 0 spiro atoms. The summed E-state index contributed by atoms with van der Waals surface area (Å²) < 4.78 is 27.3. The molecular weight excluding hydrogens is 438 g/mol. The number of rotatable bonds is 8. The first-order valence-electron chi connectivity index (χ1n) is 10.9. The summed E-state index contributed by atoms with van der Waals surface area (Å²) in [6.45, 7) is 0. The number of Topliss-reactive ketones (excluding diaryl/α,β-unsaturated/α-hetero) is 1. The van der Waals surface area contributed by atoms with Crippen LogP contribution in [0, 0.1) is 0 Å². The normalized spacial score (nSPS) is 13.1. The number of nitrogens with zero attached hydrogens (tertiary/aromatic N) is 1. The van der Waals surface area contributed by atoms with E-state index in [0.717, 1.165) is 19.3 Å². The van der Waals surface area contributed by atoms with E-state index in [1.54, 1.807) is 18.2 Å². The molecule has 8 heteroatoms. The van der Waals surface area contributed by atoms with Crippen LogP contribution in [0.5, 0.6) is 0 Å². The van der Waals surface area contributed by atoms with Gasteiger partial charge in [-0.2, -0.15) is 0 Å². The molecule has 0 aliphatic heterocycles. The molecule has 1 aromatic heterocycles. The minimum Gasteiger partial charge on any atom is -0.326 e. The van der Waals surface area contributed by atoms with Crippen LogP contribution in [0.2, 0.25) is 0 Å². The summed E-state index contributed by atoms with van der Waals surface area (Å²) in [5.41, 5.74) is 3.66. The van der Waals surface area contributed by atoms with Crippen LogP contribution in [-0.2, 0) is 27.7 Å². The maximum atomic E-state index is 12.5. The molecule has 170 valence electrons. The highest BCUT2D eigenvalue weighted by molar-refractivity contribution is 7.92. The number of anilines is 2. The van der Waals surface area contributed by atoms with Gasteiger partial charge in [-0.15, -0.1) is 0 Å². The van der Waals surface area contributed by atoms with Crippen LogP contribution in [0.1, 0.15) is 47.2 Å². The molecule has 0 radical (unpaired) electrons. The van der Waals surface area contributed by atoms with Crippen LogP contribution >= 0.6 is 0 Å². The number of pyridine rings is 1. The average Bonchev–Trinajstić information content (AvgIpc) is 2.83. The van der Waals surface area contributed by atoms with Gasteiger partial charge in [-0.05, 0) is 79.3 Å². The van der Waals surface area contributed by atoms with Crippen molar-refractivity contribution in [2.45, 2.75) is 43.4 Å². The maximum Gasteiger partial charge on any atom is 0.263 e. The standard InChI is InChI=1S/C25H25N3O4S/c29-23(20-9-8-18-5-1-2-6-19(18)17-20)14-15-25(30)27-21-10-12-22(13-11-21)33(31,32)28-24-7-3-4-16-26-24/h3-4,7-13,16-17H,1-2,5-6,14-15H2,(H,26,28)(H,27,30). The Morgan fingerprint density at radius 3 is 2.36 bits per heavy atom. The van der Waals surface area contributed by atoms with E-state index >= 15 is 0 Å². The van der Waals surface area contributed by atoms with Crippen LogP contribution in [-0.4, -0.2) is 25.1 Å². The van der Waals surface area contributed by atoms with Gasteiger partial charge in [0.1, 0.15) is 5.82 Å². The first kappa shape index (κ1) is 22.7. The van der Waals surface area contributed by atoms with E-state index in [1.807, 2.05) is 18.2 Å². The Labute approximate surface area is 193 Å². The zero-order chi connectivity index (χ0) is 23.3. The molecule has 0 atom stereocenters. The summed E-state index contributed by atoms with van der Waals surface area (Å²) in [6.07, 6.45) is 6.06. The molecule has 7 nitrogen and oxygen atoms in total. The van der Waals surface area contributed by atoms with Crippen LogP contribution < -0.4 is 10.0 Å². The molecule has 1 aliphatic rings. The molecular formula is C25H25N3O4S. The molecule has 0 unspecified atom stereocenters. The summed E-state index contributed by atoms with van der Waals surface area (Å²) in [6, 6.07) is 16.6. The van der Waals surface area contributed by atoms with Gasteiger partial charge in [0, 0.05) is 30.3 Å². The van der Waals surface area contributed by atoms with Gasteiger partial charge in [0.05, 0.1) is 4.90 Å². The average molecular weight is 464 g/mol. The molecule has 1 aliphatic carbocycles. The molecule has 1 amide bonds. The van der Waals surface area contributed by atoms with Crippen molar-refractivity contribution < 1.29 is 18.0 Å². The topological polar surface area (TPSA) is 105 Å². The molecule has 4 rings (SSSR count). The van der Waals surface area contributed by atoms with Gasteiger partial charge < -0.3 is 5.32 Å². The van der Waals surface area contributed by atoms with Crippen molar-refractivity contribution in [1.82, 2.24) is 4.98 Å². The van der Waals surface area contributed by atoms with Crippen molar-refractivity contribution in [3.05, 3.63) is 83.6 Å². The van der Waals surface area contributed by atoms with E-state index in [-0.39, 0.29) is 35.2 Å². The van der Waals surface area contributed by atoms with Crippen LogP contribution in [0.15, 0.2) is 71.8 Å². The van der Waals surface area contributed by atoms with Crippen molar-refractivity contribution in [3.8, 4) is 0 Å². The van der Waals surface area contributed by atoms with Gasteiger partial charge in [0.2, 0.25) is 5.91 Å². The molecule has 2 N–H and O–H groups in total. The third-order valence-corrected chi connectivity index (χ3v) is 6.97. The Kier molecular flexibility index (Phi) is 6.84. The molecule has 3 aromatic rings. The Balaban J connectivity index is 1.31. The number of aryl methyl sites for hydroxylation is 2. The third-order valence-electron chi connectivity index (χ3n) is 5.60. The van der Waals surface area contributed by atoms with E-state index in [0.29, 0.717) is 11.3 Å². The summed E-state index contributed by atoms with van der Waals surface area (Å²) >= 11 is 0. The number of carbonyl (C=O) groups excluding carboxylic acids is 2. The SMILES string of the molecule is O=C(CCC(=O)c1ccc2c(c1)CCCC2)Nc1ccc(S(=O)(=O)Nc2ccccn2)cc1. The van der Waals surface area contributed by atoms with Crippen molar-refractivity contribution >= 4 is 33.2 Å². The second kappa shape index (κ2) is 9.95. The fourth-order valence-corrected chi connectivity index (χ4v) is 4.85. The number of fused-ring (bicyclic) bond motifs is 1. The number of amides is 1. The maximum absolute atomic E-state index is 12.5. The second-order valence-corrected chi connectivity index (χ2v) is 9.69. The van der Waals surface area contributed by atoms with Crippen LogP contribution in [0.3, 0.4) is 0 Å². The predicted molar refractivity (Wildman–Crippen MR) is 127 cm³/mol. The van der Waals surface area contributed by atoms with Gasteiger partial charge in [0.15, 0.2) is 5.78 Å². The predicted octanol–water partition coefficient (Wildman–Crippen LogP) is 4.36. The van der Waals surface area contributed by atoms with E-state index in [4.69, 9.17) is 0 Å². The number of aromatic nitrogens is 1. The Morgan fingerprint density at radius 2 is 1.64 bits per heavy atom. The molecule has 0 saturated heterocycles. The highest BCUT2D eigenvalue weighted by Gasteiger charge is 2.16. The highest BCUT2D eigenvalue weighted by Crippen LogP contribution is 2.23. The molecule has 2 aromatic carbocycles. The molecule has 33 heavy (non-hydrogen) atoms. The molecule has 0 saturated carbocycles. The monoisotopic (exact) mass is 463 g/mol. The van der Waals surface area contributed by atoms with E-state index in [1.165, 1.54) is 48.0 Å². The lowest BCUT2D eigenvalue weighted by atomic mass is 9.89. The molecule has 0 fully saturated rings. The zero-order valence-corrected chi connectivity index (χ0v) is 18.9. The highest BCUT2D eigenvalue weighted by atomic mass is 32.2. The number of sulfonamides is 1. The summed E-state index contributed by atoms with van der Waals surface area (Å²) in [5.74, 6) is -0.137. The van der Waals surface area contributed by atoms with Gasteiger partial charge in [-0.3, -0.25) is 14.3 Å². The van der Waals surface area contributed by atoms with Gasteiger partial charge in [0.25, 0.3) is 10.0 Å². The van der Waals surface area contributed by atoms with E-state index < -0.39 is 10.0 Å². The number of benzene rings is 2. The zero-order valence-electron chi connectivity index (χ0n) is 18.1. The number of nitrogens with one attached hydrogen (secondary N) is 2. The Morgan fingerprint density at radius 1 is 0.879 bits per heavy atom. The molecule has 0 bridgehead atoms. The van der Waals surface area contributed by atoms with E-state index in [2.05, 4.69) is 15.0 Å². The largest absolute Gasteiger partial charge is 0.326 e. The summed E-state index contributed by atoms with van der Waals surface area (Å²) in [7, 11) is -3.79. The van der Waals surface area contributed by atoms with Crippen LogP contribution in [0.25, 0.3) is 0 Å². The first-order chi connectivity index (χ1) is 15.9. The quantitative estimate of drug-likeness (QED) is 0.483. The second-order valence-electron chi connectivity index (χ2n) is 8.01. The Bertz CT molecular complexity index is 1260. The fraction of sp³-hybridized carbons (Fsp3) is 0.240.